The molecule has 4 heteroatoms. The highest BCUT2D eigenvalue weighted by molar-refractivity contribution is 5.79. The van der Waals surface area contributed by atoms with Gasteiger partial charge in [-0.3, -0.25) is 4.79 Å². The van der Waals surface area contributed by atoms with Gasteiger partial charge in [0.1, 0.15) is 5.75 Å². The van der Waals surface area contributed by atoms with Crippen molar-refractivity contribution in [1.82, 2.24) is 5.32 Å². The van der Waals surface area contributed by atoms with E-state index in [-0.39, 0.29) is 0 Å². The summed E-state index contributed by atoms with van der Waals surface area (Å²) in [6.07, 6.45) is 2.15. The van der Waals surface area contributed by atoms with Gasteiger partial charge in [-0.05, 0) is 50.9 Å². The fourth-order valence-corrected chi connectivity index (χ4v) is 1.77. The molecule has 0 saturated carbocycles. The maximum atomic E-state index is 11.1. The maximum Gasteiger partial charge on any atom is 0.258 e. The minimum atomic E-state index is -0.546. The molecular weight excluding hydrogens is 240 g/mol. The van der Waals surface area contributed by atoms with Crippen molar-refractivity contribution in [2.24, 2.45) is 5.73 Å². The predicted octanol–water partition coefficient (Wildman–Crippen LogP) is 1.87. The number of nitrogens with one attached hydrogen (secondary N) is 1. The zero-order chi connectivity index (χ0) is 14.3. The minimum absolute atomic E-state index is 0.422. The fraction of sp³-hybridized carbons (Fsp3) is 0.533. The third-order valence-corrected chi connectivity index (χ3v) is 3.25. The Morgan fingerprint density at radius 3 is 2.47 bits per heavy atom. The largest absolute Gasteiger partial charge is 0.481 e. The first-order valence-electron chi connectivity index (χ1n) is 6.79. The lowest BCUT2D eigenvalue weighted by Crippen LogP contribution is -2.32. The van der Waals surface area contributed by atoms with E-state index in [0.29, 0.717) is 18.2 Å². The number of hydrogen-bond donors (Lipinski definition) is 2. The predicted molar refractivity (Wildman–Crippen MR) is 77.2 cm³/mol. The first-order valence-corrected chi connectivity index (χ1v) is 6.79. The van der Waals surface area contributed by atoms with Crippen LogP contribution >= 0.6 is 0 Å². The van der Waals surface area contributed by atoms with E-state index in [0.717, 1.165) is 12.8 Å². The number of hydrogen-bond acceptors (Lipinski definition) is 3. The van der Waals surface area contributed by atoms with Crippen molar-refractivity contribution < 1.29 is 9.53 Å². The van der Waals surface area contributed by atoms with Crippen molar-refractivity contribution in [3.63, 3.8) is 0 Å². The summed E-state index contributed by atoms with van der Waals surface area (Å²) >= 11 is 0. The molecule has 0 aliphatic heterocycles. The molecule has 0 fully saturated rings. The summed E-state index contributed by atoms with van der Waals surface area (Å²) in [5.74, 6) is 0.269. The zero-order valence-electron chi connectivity index (χ0n) is 12.0. The molecule has 4 nitrogen and oxygen atoms in total. The summed E-state index contributed by atoms with van der Waals surface area (Å²) in [5, 5.41) is 3.22. The molecule has 0 aliphatic rings. The van der Waals surface area contributed by atoms with Crippen LogP contribution in [0.1, 0.15) is 32.3 Å². The van der Waals surface area contributed by atoms with Crippen LogP contribution in [0.2, 0.25) is 0 Å². The van der Waals surface area contributed by atoms with E-state index in [1.807, 2.05) is 38.2 Å². The van der Waals surface area contributed by atoms with Crippen LogP contribution in [0.15, 0.2) is 24.3 Å². The Balaban J connectivity index is 2.53. The van der Waals surface area contributed by atoms with Gasteiger partial charge in [-0.1, -0.05) is 19.1 Å². The van der Waals surface area contributed by atoms with Crippen LogP contribution in [-0.2, 0) is 11.2 Å². The van der Waals surface area contributed by atoms with Gasteiger partial charge in [-0.2, -0.15) is 0 Å². The summed E-state index contributed by atoms with van der Waals surface area (Å²) in [7, 11) is 1.97. The Bertz CT molecular complexity index is 390. The molecule has 0 heterocycles. The number of nitrogens with two attached hydrogens (primary N) is 1. The molecule has 0 saturated heterocycles. The Labute approximate surface area is 115 Å². The van der Waals surface area contributed by atoms with Gasteiger partial charge in [0.2, 0.25) is 0 Å². The van der Waals surface area contributed by atoms with Crippen LogP contribution in [-0.4, -0.2) is 25.1 Å². The molecule has 2 unspecified atom stereocenters. The van der Waals surface area contributed by atoms with E-state index in [9.17, 15) is 4.79 Å². The van der Waals surface area contributed by atoms with Gasteiger partial charge >= 0.3 is 0 Å². The molecular formula is C15H24N2O2. The number of amides is 1. The first kappa shape index (κ1) is 15.5. The van der Waals surface area contributed by atoms with Crippen LogP contribution in [0.5, 0.6) is 5.75 Å². The van der Waals surface area contributed by atoms with Crippen molar-refractivity contribution in [3.05, 3.63) is 29.8 Å². The van der Waals surface area contributed by atoms with Gasteiger partial charge in [-0.25, -0.2) is 0 Å². The number of carbonyl (C=O) groups is 1. The Kier molecular flexibility index (Phi) is 6.36. The Hall–Kier alpha value is -1.55. The molecule has 0 spiro atoms. The highest BCUT2D eigenvalue weighted by Crippen LogP contribution is 2.16. The maximum absolute atomic E-state index is 11.1. The Morgan fingerprint density at radius 1 is 1.37 bits per heavy atom. The van der Waals surface area contributed by atoms with E-state index < -0.39 is 12.0 Å². The molecule has 1 amide bonds. The van der Waals surface area contributed by atoms with Gasteiger partial charge in [0.05, 0.1) is 0 Å². The summed E-state index contributed by atoms with van der Waals surface area (Å²) in [6, 6.07) is 8.36. The van der Waals surface area contributed by atoms with E-state index >= 15 is 0 Å². The van der Waals surface area contributed by atoms with Crippen molar-refractivity contribution in [1.29, 1.82) is 0 Å². The molecule has 2 atom stereocenters. The molecule has 3 N–H and O–H groups in total. The molecule has 0 aliphatic carbocycles. The normalized spacial score (nSPS) is 13.8. The SMILES string of the molecule is CCC(Oc1ccc(CCC(C)NC)cc1)C(N)=O. The number of aryl methyl sites for hydroxylation is 1. The van der Waals surface area contributed by atoms with Gasteiger partial charge in [0.15, 0.2) is 6.10 Å². The second-order valence-electron chi connectivity index (χ2n) is 4.79. The number of primary amides is 1. The number of benzene rings is 1. The number of ether oxygens (including phenoxy) is 1. The monoisotopic (exact) mass is 264 g/mol. The van der Waals surface area contributed by atoms with Crippen molar-refractivity contribution in [2.75, 3.05) is 7.05 Å². The summed E-state index contributed by atoms with van der Waals surface area (Å²) in [4.78, 5) is 11.1. The first-order chi connectivity index (χ1) is 9.06. The highest BCUT2D eigenvalue weighted by atomic mass is 16.5. The average molecular weight is 264 g/mol. The van der Waals surface area contributed by atoms with Crippen LogP contribution in [0.25, 0.3) is 0 Å². The molecule has 1 aromatic carbocycles. The molecule has 0 bridgehead atoms. The third-order valence-electron chi connectivity index (χ3n) is 3.25. The van der Waals surface area contributed by atoms with Crippen LogP contribution < -0.4 is 15.8 Å². The standard InChI is InChI=1S/C15H24N2O2/c1-4-14(15(16)18)19-13-9-7-12(8-10-13)6-5-11(2)17-3/h7-11,14,17H,4-6H2,1-3H3,(H2,16,18). The van der Waals surface area contributed by atoms with Crippen LogP contribution in [0.4, 0.5) is 0 Å². The van der Waals surface area contributed by atoms with Gasteiger partial charge in [0, 0.05) is 6.04 Å². The van der Waals surface area contributed by atoms with E-state index in [1.54, 1.807) is 0 Å². The lowest BCUT2D eigenvalue weighted by Gasteiger charge is -2.14. The smallest absolute Gasteiger partial charge is 0.258 e. The fourth-order valence-electron chi connectivity index (χ4n) is 1.77. The van der Waals surface area contributed by atoms with Gasteiger partial charge < -0.3 is 15.8 Å². The second kappa shape index (κ2) is 7.79. The molecule has 0 radical (unpaired) electrons. The van der Waals surface area contributed by atoms with E-state index in [2.05, 4.69) is 12.2 Å². The summed E-state index contributed by atoms with van der Waals surface area (Å²) in [5.41, 5.74) is 6.52. The molecule has 19 heavy (non-hydrogen) atoms. The topological polar surface area (TPSA) is 64.3 Å². The molecule has 106 valence electrons. The van der Waals surface area contributed by atoms with Crippen molar-refractivity contribution >= 4 is 5.91 Å². The molecule has 0 aromatic heterocycles. The zero-order valence-corrected chi connectivity index (χ0v) is 12.0. The van der Waals surface area contributed by atoms with Crippen molar-refractivity contribution in [2.45, 2.75) is 45.3 Å². The second-order valence-corrected chi connectivity index (χ2v) is 4.79. The summed E-state index contributed by atoms with van der Waals surface area (Å²) < 4.78 is 5.54. The van der Waals surface area contributed by atoms with Crippen LogP contribution in [0.3, 0.4) is 0 Å². The number of rotatable bonds is 8. The van der Waals surface area contributed by atoms with Gasteiger partial charge in [-0.15, -0.1) is 0 Å². The lowest BCUT2D eigenvalue weighted by molar-refractivity contribution is -0.124. The average Bonchev–Trinajstić information content (AvgIpc) is 2.42. The van der Waals surface area contributed by atoms with Crippen LogP contribution in [0, 0.1) is 0 Å². The summed E-state index contributed by atoms with van der Waals surface area (Å²) in [6.45, 7) is 4.04. The van der Waals surface area contributed by atoms with Crippen molar-refractivity contribution in [3.8, 4) is 5.75 Å². The minimum Gasteiger partial charge on any atom is -0.481 e. The van der Waals surface area contributed by atoms with E-state index in [4.69, 9.17) is 10.5 Å². The molecule has 1 rings (SSSR count). The third kappa shape index (κ3) is 5.30. The lowest BCUT2D eigenvalue weighted by atomic mass is 10.1. The number of carbonyl (C=O) groups excluding carboxylic acids is 1. The quantitative estimate of drug-likeness (QED) is 0.753. The molecule has 1 aromatic rings. The highest BCUT2D eigenvalue weighted by Gasteiger charge is 2.14. The van der Waals surface area contributed by atoms with Gasteiger partial charge in [0.25, 0.3) is 5.91 Å². The Morgan fingerprint density at radius 2 is 2.00 bits per heavy atom. The van der Waals surface area contributed by atoms with E-state index in [1.165, 1.54) is 5.56 Å².